The van der Waals surface area contributed by atoms with Gasteiger partial charge < -0.3 is 9.73 Å². The minimum atomic E-state index is -0.127. The molecular formula is C20H23N3O2S. The molecule has 3 rings (SSSR count). The second-order valence-corrected chi connectivity index (χ2v) is 7.82. The molecule has 5 nitrogen and oxygen atoms in total. The molecule has 1 N–H and O–H groups in total. The molecule has 0 saturated carbocycles. The molecule has 0 fully saturated rings. The standard InChI is InChI=1S/C20H23N3O2S/c1-14-5-4-6-16(11-14)20(2,3)13-21-17(24)7-8-18-22-23-19(25-18)15-9-10-26-12-15/h4-6,9-12H,7-8,13H2,1-3H3,(H,21,24). The monoisotopic (exact) mass is 369 g/mol. The Morgan fingerprint density at radius 1 is 1.27 bits per heavy atom. The molecule has 1 aromatic carbocycles. The van der Waals surface area contributed by atoms with Gasteiger partial charge in [0.1, 0.15) is 0 Å². The van der Waals surface area contributed by atoms with Crippen LogP contribution in [-0.4, -0.2) is 22.6 Å². The summed E-state index contributed by atoms with van der Waals surface area (Å²) >= 11 is 1.58. The smallest absolute Gasteiger partial charge is 0.248 e. The summed E-state index contributed by atoms with van der Waals surface area (Å²) < 4.78 is 5.61. The van der Waals surface area contributed by atoms with Crippen LogP contribution in [-0.2, 0) is 16.6 Å². The van der Waals surface area contributed by atoms with Crippen molar-refractivity contribution in [2.45, 2.75) is 39.0 Å². The molecule has 2 aromatic heterocycles. The molecule has 6 heteroatoms. The Balaban J connectivity index is 1.50. The van der Waals surface area contributed by atoms with E-state index >= 15 is 0 Å². The van der Waals surface area contributed by atoms with E-state index in [1.54, 1.807) is 11.3 Å². The number of nitrogens with zero attached hydrogens (tertiary/aromatic N) is 2. The van der Waals surface area contributed by atoms with Crippen LogP contribution >= 0.6 is 11.3 Å². The first kappa shape index (κ1) is 18.3. The van der Waals surface area contributed by atoms with Gasteiger partial charge >= 0.3 is 0 Å². The second kappa shape index (κ2) is 7.83. The topological polar surface area (TPSA) is 68.0 Å². The maximum Gasteiger partial charge on any atom is 0.248 e. The zero-order valence-corrected chi connectivity index (χ0v) is 16.1. The van der Waals surface area contributed by atoms with E-state index in [9.17, 15) is 4.79 Å². The molecule has 0 unspecified atom stereocenters. The van der Waals surface area contributed by atoms with Gasteiger partial charge in [-0.25, -0.2) is 0 Å². The molecule has 0 bridgehead atoms. The fourth-order valence-electron chi connectivity index (χ4n) is 2.65. The number of rotatable bonds is 7. The number of carbonyl (C=O) groups is 1. The summed E-state index contributed by atoms with van der Waals surface area (Å²) in [7, 11) is 0. The van der Waals surface area contributed by atoms with Crippen molar-refractivity contribution in [2.24, 2.45) is 0 Å². The van der Waals surface area contributed by atoms with Crippen LogP contribution < -0.4 is 5.32 Å². The van der Waals surface area contributed by atoms with Crippen molar-refractivity contribution >= 4 is 17.2 Å². The maximum absolute atomic E-state index is 12.2. The molecule has 136 valence electrons. The Kier molecular flexibility index (Phi) is 5.52. The van der Waals surface area contributed by atoms with Crippen LogP contribution in [0.3, 0.4) is 0 Å². The first-order chi connectivity index (χ1) is 12.4. The molecule has 2 heterocycles. The Bertz CT molecular complexity index is 869. The highest BCUT2D eigenvalue weighted by Crippen LogP contribution is 2.23. The first-order valence-electron chi connectivity index (χ1n) is 8.63. The van der Waals surface area contributed by atoms with E-state index in [0.29, 0.717) is 31.2 Å². The summed E-state index contributed by atoms with van der Waals surface area (Å²) in [6, 6.07) is 10.3. The van der Waals surface area contributed by atoms with Gasteiger partial charge in [0.2, 0.25) is 17.7 Å². The van der Waals surface area contributed by atoms with Gasteiger partial charge in [0.15, 0.2) is 0 Å². The fourth-order valence-corrected chi connectivity index (χ4v) is 3.28. The van der Waals surface area contributed by atoms with E-state index in [-0.39, 0.29) is 11.3 Å². The number of amides is 1. The van der Waals surface area contributed by atoms with Crippen LogP contribution in [0.1, 0.15) is 37.3 Å². The SMILES string of the molecule is Cc1cccc(C(C)(C)CNC(=O)CCc2nnc(-c3ccsc3)o2)c1. The quantitative estimate of drug-likeness (QED) is 0.680. The van der Waals surface area contributed by atoms with E-state index in [2.05, 4.69) is 60.6 Å². The third kappa shape index (κ3) is 4.58. The third-order valence-electron chi connectivity index (χ3n) is 4.33. The van der Waals surface area contributed by atoms with E-state index in [1.807, 2.05) is 16.8 Å². The molecule has 0 atom stereocenters. The van der Waals surface area contributed by atoms with Gasteiger partial charge in [-0.2, -0.15) is 11.3 Å². The molecule has 0 saturated heterocycles. The van der Waals surface area contributed by atoms with E-state index in [0.717, 1.165) is 5.56 Å². The predicted molar refractivity (Wildman–Crippen MR) is 103 cm³/mol. The van der Waals surface area contributed by atoms with Crippen LogP contribution in [0.4, 0.5) is 0 Å². The van der Waals surface area contributed by atoms with Crippen LogP contribution in [0.5, 0.6) is 0 Å². The number of thiophene rings is 1. The summed E-state index contributed by atoms with van der Waals surface area (Å²) in [4.78, 5) is 12.2. The molecular weight excluding hydrogens is 346 g/mol. The van der Waals surface area contributed by atoms with Gasteiger partial charge in [-0.3, -0.25) is 4.79 Å². The van der Waals surface area contributed by atoms with E-state index in [1.165, 1.54) is 11.1 Å². The molecule has 26 heavy (non-hydrogen) atoms. The van der Waals surface area contributed by atoms with Gasteiger partial charge in [-0.05, 0) is 23.9 Å². The van der Waals surface area contributed by atoms with E-state index < -0.39 is 0 Å². The normalized spacial score (nSPS) is 11.5. The highest BCUT2D eigenvalue weighted by Gasteiger charge is 2.21. The zero-order valence-electron chi connectivity index (χ0n) is 15.3. The average Bonchev–Trinajstić information content (AvgIpc) is 3.29. The summed E-state index contributed by atoms with van der Waals surface area (Å²) in [6.07, 6.45) is 0.767. The molecule has 0 radical (unpaired) electrons. The van der Waals surface area contributed by atoms with Crippen LogP contribution in [0.2, 0.25) is 0 Å². The zero-order chi connectivity index (χ0) is 18.6. The molecule has 0 aliphatic rings. The number of nitrogens with one attached hydrogen (secondary N) is 1. The Hall–Kier alpha value is -2.47. The van der Waals surface area contributed by atoms with Gasteiger partial charge in [-0.1, -0.05) is 43.7 Å². The Morgan fingerprint density at radius 3 is 2.85 bits per heavy atom. The van der Waals surface area contributed by atoms with E-state index in [4.69, 9.17) is 4.42 Å². The largest absolute Gasteiger partial charge is 0.421 e. The molecule has 1 amide bonds. The Morgan fingerprint density at radius 2 is 2.12 bits per heavy atom. The van der Waals surface area contributed by atoms with Crippen LogP contribution in [0.25, 0.3) is 11.5 Å². The highest BCUT2D eigenvalue weighted by atomic mass is 32.1. The number of hydrogen-bond donors (Lipinski definition) is 1. The van der Waals surface area contributed by atoms with Gasteiger partial charge in [0, 0.05) is 35.7 Å². The molecule has 0 spiro atoms. The average molecular weight is 369 g/mol. The minimum Gasteiger partial charge on any atom is -0.421 e. The van der Waals surface area contributed by atoms with Crippen molar-refractivity contribution in [3.63, 3.8) is 0 Å². The summed E-state index contributed by atoms with van der Waals surface area (Å²) in [6.45, 7) is 6.92. The highest BCUT2D eigenvalue weighted by molar-refractivity contribution is 7.08. The lowest BCUT2D eigenvalue weighted by molar-refractivity contribution is -0.121. The number of aromatic nitrogens is 2. The van der Waals surface area contributed by atoms with Gasteiger partial charge in [-0.15, -0.1) is 10.2 Å². The van der Waals surface area contributed by atoms with Crippen LogP contribution in [0.15, 0.2) is 45.5 Å². The first-order valence-corrected chi connectivity index (χ1v) is 9.57. The maximum atomic E-state index is 12.2. The summed E-state index contributed by atoms with van der Waals surface area (Å²) in [5, 5.41) is 15.0. The lowest BCUT2D eigenvalue weighted by Crippen LogP contribution is -2.36. The van der Waals surface area contributed by atoms with Crippen LogP contribution in [0, 0.1) is 6.92 Å². The lowest BCUT2D eigenvalue weighted by atomic mass is 9.84. The van der Waals surface area contributed by atoms with Crippen molar-refractivity contribution in [1.29, 1.82) is 0 Å². The fraction of sp³-hybridized carbons (Fsp3) is 0.350. The van der Waals surface area contributed by atoms with Crippen molar-refractivity contribution in [3.05, 3.63) is 58.1 Å². The number of hydrogen-bond acceptors (Lipinski definition) is 5. The number of benzene rings is 1. The van der Waals surface area contributed by atoms with Crippen molar-refractivity contribution in [1.82, 2.24) is 15.5 Å². The van der Waals surface area contributed by atoms with Crippen molar-refractivity contribution < 1.29 is 9.21 Å². The predicted octanol–water partition coefficient (Wildman–Crippen LogP) is 4.13. The van der Waals surface area contributed by atoms with Gasteiger partial charge in [0.25, 0.3) is 0 Å². The second-order valence-electron chi connectivity index (χ2n) is 7.04. The number of carbonyl (C=O) groups excluding carboxylic acids is 1. The summed E-state index contributed by atoms with van der Waals surface area (Å²) in [5.74, 6) is 0.975. The minimum absolute atomic E-state index is 0.0130. The molecule has 0 aliphatic heterocycles. The Labute approximate surface area is 157 Å². The molecule has 3 aromatic rings. The summed E-state index contributed by atoms with van der Waals surface area (Å²) in [5.41, 5.74) is 3.23. The molecule has 0 aliphatic carbocycles. The van der Waals surface area contributed by atoms with Gasteiger partial charge in [0.05, 0.1) is 0 Å². The van der Waals surface area contributed by atoms with Crippen molar-refractivity contribution in [3.8, 4) is 11.5 Å². The number of aryl methyl sites for hydroxylation is 2. The third-order valence-corrected chi connectivity index (χ3v) is 5.01. The lowest BCUT2D eigenvalue weighted by Gasteiger charge is -2.26. The van der Waals surface area contributed by atoms with Crippen molar-refractivity contribution in [2.75, 3.05) is 6.54 Å².